The largest absolute Gasteiger partial charge is 0.353 e. The number of hydrogen-bond donors (Lipinski definition) is 1. The van der Waals surface area contributed by atoms with Crippen LogP contribution in [-0.2, 0) is 21.2 Å². The second kappa shape index (κ2) is 9.34. The lowest BCUT2D eigenvalue weighted by molar-refractivity contribution is -0.126. The number of nitrogens with one attached hydrogen (secondary N) is 1. The van der Waals surface area contributed by atoms with Crippen molar-refractivity contribution in [1.82, 2.24) is 9.62 Å². The Hall–Kier alpha value is -2.18. The Bertz CT molecular complexity index is 869. The third-order valence-electron chi connectivity index (χ3n) is 5.23. The van der Waals surface area contributed by atoms with E-state index in [0.29, 0.717) is 13.0 Å². The van der Waals surface area contributed by atoms with Gasteiger partial charge in [0.1, 0.15) is 0 Å². The highest BCUT2D eigenvalue weighted by Crippen LogP contribution is 2.24. The van der Waals surface area contributed by atoms with Crippen molar-refractivity contribution < 1.29 is 13.2 Å². The van der Waals surface area contributed by atoms with Crippen LogP contribution in [0.3, 0.4) is 0 Å². The van der Waals surface area contributed by atoms with Gasteiger partial charge in [0.05, 0.1) is 10.8 Å². The van der Waals surface area contributed by atoms with Crippen molar-refractivity contribution >= 4 is 15.9 Å². The molecule has 2 atom stereocenters. The van der Waals surface area contributed by atoms with Gasteiger partial charge in [-0.2, -0.15) is 4.31 Å². The van der Waals surface area contributed by atoms with Crippen LogP contribution in [0.2, 0.25) is 0 Å². The monoisotopic (exact) mass is 400 g/mol. The van der Waals surface area contributed by atoms with E-state index in [4.69, 9.17) is 0 Å². The predicted octanol–water partition coefficient (Wildman–Crippen LogP) is 3.22. The smallest absolute Gasteiger partial charge is 0.243 e. The van der Waals surface area contributed by atoms with E-state index >= 15 is 0 Å². The zero-order valence-electron chi connectivity index (χ0n) is 16.3. The third-order valence-corrected chi connectivity index (χ3v) is 7.11. The SMILES string of the molecule is CC(CCc1ccccc1)NC(=O)C1CCCN(S(=O)(=O)c2ccccc2)C1. The maximum Gasteiger partial charge on any atom is 0.243 e. The van der Waals surface area contributed by atoms with Crippen LogP contribution in [0.25, 0.3) is 0 Å². The van der Waals surface area contributed by atoms with Crippen LogP contribution >= 0.6 is 0 Å². The summed E-state index contributed by atoms with van der Waals surface area (Å²) in [5.41, 5.74) is 1.25. The van der Waals surface area contributed by atoms with Gasteiger partial charge in [-0.3, -0.25) is 4.79 Å². The van der Waals surface area contributed by atoms with Crippen molar-refractivity contribution in [1.29, 1.82) is 0 Å². The number of piperidine rings is 1. The predicted molar refractivity (Wildman–Crippen MR) is 110 cm³/mol. The van der Waals surface area contributed by atoms with E-state index in [0.717, 1.165) is 19.3 Å². The quantitative estimate of drug-likeness (QED) is 0.776. The number of amides is 1. The number of sulfonamides is 1. The molecule has 0 spiro atoms. The molecule has 2 unspecified atom stereocenters. The molecule has 1 heterocycles. The molecule has 28 heavy (non-hydrogen) atoms. The molecule has 1 saturated heterocycles. The number of aryl methyl sites for hydroxylation is 1. The molecule has 1 N–H and O–H groups in total. The highest BCUT2D eigenvalue weighted by molar-refractivity contribution is 7.89. The summed E-state index contributed by atoms with van der Waals surface area (Å²) in [5.74, 6) is -0.347. The van der Waals surface area contributed by atoms with E-state index in [1.807, 2.05) is 25.1 Å². The van der Waals surface area contributed by atoms with E-state index < -0.39 is 10.0 Å². The molecule has 3 rings (SSSR count). The van der Waals surface area contributed by atoms with Gasteiger partial charge in [-0.15, -0.1) is 0 Å². The normalized spacial score (nSPS) is 19.1. The molecule has 0 bridgehead atoms. The van der Waals surface area contributed by atoms with Crippen LogP contribution < -0.4 is 5.32 Å². The molecular weight excluding hydrogens is 372 g/mol. The lowest BCUT2D eigenvalue weighted by Gasteiger charge is -2.31. The highest BCUT2D eigenvalue weighted by atomic mass is 32.2. The molecule has 1 aliphatic rings. The van der Waals surface area contributed by atoms with Gasteiger partial charge in [0.15, 0.2) is 0 Å². The molecule has 5 nitrogen and oxygen atoms in total. The van der Waals surface area contributed by atoms with Crippen LogP contribution in [0.15, 0.2) is 65.6 Å². The summed E-state index contributed by atoms with van der Waals surface area (Å²) in [6.07, 6.45) is 3.18. The minimum absolute atomic E-state index is 0.0477. The minimum Gasteiger partial charge on any atom is -0.353 e. The van der Waals surface area contributed by atoms with Crippen LogP contribution in [0.5, 0.6) is 0 Å². The van der Waals surface area contributed by atoms with Gasteiger partial charge in [0.2, 0.25) is 15.9 Å². The first-order chi connectivity index (χ1) is 13.5. The molecule has 0 saturated carbocycles. The average Bonchev–Trinajstić information content (AvgIpc) is 2.73. The molecule has 0 aliphatic carbocycles. The van der Waals surface area contributed by atoms with E-state index in [9.17, 15) is 13.2 Å². The van der Waals surface area contributed by atoms with Crippen molar-refractivity contribution in [3.8, 4) is 0 Å². The molecular formula is C22H28N2O3S. The number of nitrogens with zero attached hydrogens (tertiary/aromatic N) is 1. The Kier molecular flexibility index (Phi) is 6.86. The van der Waals surface area contributed by atoms with E-state index in [1.165, 1.54) is 9.87 Å². The van der Waals surface area contributed by atoms with Crippen molar-refractivity contribution in [3.05, 3.63) is 66.2 Å². The Morgan fingerprint density at radius 2 is 1.75 bits per heavy atom. The molecule has 1 amide bonds. The maximum absolute atomic E-state index is 12.8. The van der Waals surface area contributed by atoms with Gasteiger partial charge >= 0.3 is 0 Å². The summed E-state index contributed by atoms with van der Waals surface area (Å²) >= 11 is 0. The Morgan fingerprint density at radius 1 is 1.11 bits per heavy atom. The minimum atomic E-state index is -3.55. The zero-order valence-corrected chi connectivity index (χ0v) is 17.1. The first-order valence-electron chi connectivity index (χ1n) is 9.86. The van der Waals surface area contributed by atoms with Crippen LogP contribution in [-0.4, -0.2) is 37.8 Å². The van der Waals surface area contributed by atoms with Gasteiger partial charge < -0.3 is 5.32 Å². The summed E-state index contributed by atoms with van der Waals surface area (Å²) in [6.45, 7) is 2.71. The van der Waals surface area contributed by atoms with E-state index in [-0.39, 0.29) is 29.3 Å². The second-order valence-electron chi connectivity index (χ2n) is 7.45. The first kappa shape index (κ1) is 20.6. The Balaban J connectivity index is 1.55. The highest BCUT2D eigenvalue weighted by Gasteiger charge is 2.33. The molecule has 1 aliphatic heterocycles. The molecule has 150 valence electrons. The maximum atomic E-state index is 12.8. The van der Waals surface area contributed by atoms with Gasteiger partial charge in [-0.25, -0.2) is 8.42 Å². The lowest BCUT2D eigenvalue weighted by Crippen LogP contribution is -2.47. The zero-order chi connectivity index (χ0) is 20.0. The van der Waals surface area contributed by atoms with E-state index in [2.05, 4.69) is 17.4 Å². The third kappa shape index (κ3) is 5.20. The van der Waals surface area contributed by atoms with Crippen molar-refractivity contribution in [2.75, 3.05) is 13.1 Å². The lowest BCUT2D eigenvalue weighted by atomic mass is 9.98. The second-order valence-corrected chi connectivity index (χ2v) is 9.39. The van der Waals surface area contributed by atoms with Crippen LogP contribution in [0.1, 0.15) is 31.7 Å². The standard InChI is InChI=1S/C22H28N2O3S/c1-18(14-15-19-9-4-2-5-10-19)23-22(25)20-11-8-16-24(17-20)28(26,27)21-12-6-3-7-13-21/h2-7,9-10,12-13,18,20H,8,11,14-17H2,1H3,(H,23,25). The number of carbonyl (C=O) groups is 1. The number of benzene rings is 2. The molecule has 2 aromatic rings. The van der Waals surface area contributed by atoms with Gasteiger partial charge in [-0.05, 0) is 50.3 Å². The van der Waals surface area contributed by atoms with Crippen LogP contribution in [0.4, 0.5) is 0 Å². The Morgan fingerprint density at radius 3 is 2.43 bits per heavy atom. The van der Waals surface area contributed by atoms with Gasteiger partial charge in [-0.1, -0.05) is 48.5 Å². The number of hydrogen-bond acceptors (Lipinski definition) is 3. The molecule has 0 radical (unpaired) electrons. The van der Waals surface area contributed by atoms with Gasteiger partial charge in [0.25, 0.3) is 0 Å². The molecule has 6 heteroatoms. The summed E-state index contributed by atoms with van der Waals surface area (Å²) in [6, 6.07) is 18.7. The number of rotatable bonds is 7. The molecule has 0 aromatic heterocycles. The first-order valence-corrected chi connectivity index (χ1v) is 11.3. The fourth-order valence-electron chi connectivity index (χ4n) is 3.58. The van der Waals surface area contributed by atoms with E-state index in [1.54, 1.807) is 30.3 Å². The fraction of sp³-hybridized carbons (Fsp3) is 0.409. The summed E-state index contributed by atoms with van der Waals surface area (Å²) in [4.78, 5) is 13.0. The Labute approximate surface area is 167 Å². The van der Waals surface area contributed by atoms with Crippen LogP contribution in [0, 0.1) is 5.92 Å². The van der Waals surface area contributed by atoms with Crippen molar-refractivity contribution in [2.24, 2.45) is 5.92 Å². The molecule has 1 fully saturated rings. The average molecular weight is 401 g/mol. The summed E-state index contributed by atoms with van der Waals surface area (Å²) in [7, 11) is -3.55. The number of carbonyl (C=O) groups excluding carboxylic acids is 1. The van der Waals surface area contributed by atoms with Crippen molar-refractivity contribution in [3.63, 3.8) is 0 Å². The van der Waals surface area contributed by atoms with Crippen molar-refractivity contribution in [2.45, 2.75) is 43.5 Å². The summed E-state index contributed by atoms with van der Waals surface area (Å²) in [5, 5.41) is 3.07. The molecule has 2 aromatic carbocycles. The van der Waals surface area contributed by atoms with Gasteiger partial charge in [0, 0.05) is 19.1 Å². The topological polar surface area (TPSA) is 66.5 Å². The fourth-order valence-corrected chi connectivity index (χ4v) is 5.12. The summed E-state index contributed by atoms with van der Waals surface area (Å²) < 4.78 is 27.1.